The lowest BCUT2D eigenvalue weighted by Crippen LogP contribution is -2.53. The van der Waals surface area contributed by atoms with Crippen molar-refractivity contribution in [3.05, 3.63) is 130 Å². The van der Waals surface area contributed by atoms with Gasteiger partial charge in [0, 0.05) is 24.5 Å². The van der Waals surface area contributed by atoms with Crippen molar-refractivity contribution in [2.75, 3.05) is 17.4 Å². The van der Waals surface area contributed by atoms with Crippen LogP contribution in [0.3, 0.4) is 0 Å². The summed E-state index contributed by atoms with van der Waals surface area (Å²) in [6.45, 7) is 9.59. The van der Waals surface area contributed by atoms with Gasteiger partial charge in [-0.3, -0.25) is 13.9 Å². The topological polar surface area (TPSA) is 86.8 Å². The number of aryl methyl sites for hydroxylation is 3. The van der Waals surface area contributed by atoms with E-state index in [4.69, 9.17) is 11.6 Å². The van der Waals surface area contributed by atoms with Crippen molar-refractivity contribution in [3.63, 3.8) is 0 Å². The maximum absolute atomic E-state index is 14.6. The Kier molecular flexibility index (Phi) is 11.7. The highest BCUT2D eigenvalue weighted by Crippen LogP contribution is 2.29. The minimum absolute atomic E-state index is 0.0755. The second-order valence-electron chi connectivity index (χ2n) is 12.1. The molecule has 1 unspecified atom stereocenters. The molecule has 0 aliphatic heterocycles. The maximum atomic E-state index is 14.6. The van der Waals surface area contributed by atoms with Gasteiger partial charge in [-0.25, -0.2) is 8.42 Å². The molecule has 242 valence electrons. The van der Waals surface area contributed by atoms with Crippen molar-refractivity contribution >= 4 is 39.1 Å². The second kappa shape index (κ2) is 15.4. The predicted molar refractivity (Wildman–Crippen MR) is 185 cm³/mol. The van der Waals surface area contributed by atoms with E-state index in [1.54, 1.807) is 54.6 Å². The van der Waals surface area contributed by atoms with Crippen molar-refractivity contribution in [2.24, 2.45) is 5.92 Å². The van der Waals surface area contributed by atoms with E-state index in [1.807, 2.05) is 77.1 Å². The van der Waals surface area contributed by atoms with Gasteiger partial charge in [0.1, 0.15) is 12.6 Å². The van der Waals surface area contributed by atoms with E-state index < -0.39 is 28.5 Å². The van der Waals surface area contributed by atoms with Crippen LogP contribution in [0.25, 0.3) is 0 Å². The average Bonchev–Trinajstić information content (AvgIpc) is 3.03. The zero-order valence-corrected chi connectivity index (χ0v) is 28.6. The highest BCUT2D eigenvalue weighted by atomic mass is 35.5. The molecule has 0 saturated heterocycles. The quantitative estimate of drug-likeness (QED) is 0.170. The number of halogens is 1. The molecule has 4 aromatic carbocycles. The first-order chi connectivity index (χ1) is 21.8. The molecule has 46 heavy (non-hydrogen) atoms. The number of carbonyl (C=O) groups is 2. The van der Waals surface area contributed by atoms with E-state index >= 15 is 0 Å². The summed E-state index contributed by atoms with van der Waals surface area (Å²) in [5.41, 5.74) is 4.51. The van der Waals surface area contributed by atoms with Crippen LogP contribution in [0, 0.1) is 26.7 Å². The minimum atomic E-state index is -4.18. The molecule has 0 radical (unpaired) electrons. The first-order valence-corrected chi connectivity index (χ1v) is 17.2. The number of hydrogen-bond donors (Lipinski definition) is 1. The summed E-state index contributed by atoms with van der Waals surface area (Å²) in [7, 11) is -4.18. The number of nitrogens with one attached hydrogen (secondary N) is 1. The Hall–Kier alpha value is -4.14. The van der Waals surface area contributed by atoms with Crippen LogP contribution in [0.2, 0.25) is 5.02 Å². The molecule has 4 rings (SSSR count). The highest BCUT2D eigenvalue weighted by Gasteiger charge is 2.35. The van der Waals surface area contributed by atoms with Crippen molar-refractivity contribution in [1.82, 2.24) is 10.2 Å². The minimum Gasteiger partial charge on any atom is -0.354 e. The van der Waals surface area contributed by atoms with Gasteiger partial charge in [0.2, 0.25) is 11.8 Å². The van der Waals surface area contributed by atoms with Gasteiger partial charge in [-0.2, -0.15) is 0 Å². The SMILES string of the molecule is Cc1ccc(S(=O)(=O)N(CC(=O)N(Cc2ccc(Cl)cc2)C(Cc2ccccc2)C(=O)NCC(C)C)c2cc(C)ccc2C)cc1. The van der Waals surface area contributed by atoms with E-state index in [9.17, 15) is 18.0 Å². The van der Waals surface area contributed by atoms with Crippen LogP contribution in [-0.2, 0) is 32.6 Å². The Morgan fingerprint density at radius 1 is 0.804 bits per heavy atom. The van der Waals surface area contributed by atoms with Gasteiger partial charge in [0.15, 0.2) is 0 Å². The number of benzene rings is 4. The van der Waals surface area contributed by atoms with E-state index in [1.165, 1.54) is 9.21 Å². The van der Waals surface area contributed by atoms with E-state index in [0.717, 1.165) is 22.3 Å². The van der Waals surface area contributed by atoms with Crippen LogP contribution in [0.1, 0.15) is 41.7 Å². The summed E-state index contributed by atoms with van der Waals surface area (Å²) in [6.07, 6.45) is 0.248. The summed E-state index contributed by atoms with van der Waals surface area (Å²) in [5.74, 6) is -0.618. The van der Waals surface area contributed by atoms with E-state index in [-0.39, 0.29) is 29.7 Å². The van der Waals surface area contributed by atoms with Crippen LogP contribution in [-0.4, -0.2) is 44.3 Å². The van der Waals surface area contributed by atoms with E-state index in [0.29, 0.717) is 22.8 Å². The molecular formula is C37H42ClN3O4S. The summed E-state index contributed by atoms with van der Waals surface area (Å²) in [6, 6.07) is 27.8. The Morgan fingerprint density at radius 2 is 1.43 bits per heavy atom. The molecule has 0 aliphatic rings. The summed E-state index contributed by atoms with van der Waals surface area (Å²) in [4.78, 5) is 30.1. The first kappa shape index (κ1) is 34.7. The van der Waals surface area contributed by atoms with Crippen molar-refractivity contribution in [2.45, 2.75) is 58.5 Å². The summed E-state index contributed by atoms with van der Waals surface area (Å²) in [5, 5.41) is 3.55. The lowest BCUT2D eigenvalue weighted by molar-refractivity contribution is -0.140. The molecule has 7 nitrogen and oxygen atoms in total. The molecule has 1 N–H and O–H groups in total. The monoisotopic (exact) mass is 659 g/mol. The smallest absolute Gasteiger partial charge is 0.264 e. The molecule has 1 atom stereocenters. The fourth-order valence-corrected chi connectivity index (χ4v) is 6.70. The molecule has 2 amide bonds. The number of amides is 2. The third-order valence-electron chi connectivity index (χ3n) is 7.74. The van der Waals surface area contributed by atoms with Gasteiger partial charge < -0.3 is 10.2 Å². The molecule has 4 aromatic rings. The Bertz CT molecular complexity index is 1740. The van der Waals surface area contributed by atoms with Crippen LogP contribution >= 0.6 is 11.6 Å². The van der Waals surface area contributed by atoms with Gasteiger partial charge in [-0.15, -0.1) is 0 Å². The molecule has 0 aromatic heterocycles. The number of carbonyl (C=O) groups excluding carboxylic acids is 2. The van der Waals surface area contributed by atoms with E-state index in [2.05, 4.69) is 5.32 Å². The van der Waals surface area contributed by atoms with Crippen molar-refractivity contribution in [3.8, 4) is 0 Å². The largest absolute Gasteiger partial charge is 0.354 e. The molecule has 0 aliphatic carbocycles. The van der Waals surface area contributed by atoms with Crippen LogP contribution in [0.4, 0.5) is 5.69 Å². The van der Waals surface area contributed by atoms with Gasteiger partial charge in [-0.05, 0) is 79.3 Å². The molecule has 0 fully saturated rings. The zero-order valence-electron chi connectivity index (χ0n) is 27.0. The highest BCUT2D eigenvalue weighted by molar-refractivity contribution is 7.92. The van der Waals surface area contributed by atoms with Crippen molar-refractivity contribution < 1.29 is 18.0 Å². The third-order valence-corrected chi connectivity index (χ3v) is 9.77. The maximum Gasteiger partial charge on any atom is 0.264 e. The van der Waals surface area contributed by atoms with Crippen molar-refractivity contribution in [1.29, 1.82) is 0 Å². The lowest BCUT2D eigenvalue weighted by atomic mass is 10.0. The number of hydrogen-bond acceptors (Lipinski definition) is 4. The van der Waals surface area contributed by atoms with Gasteiger partial charge in [-0.1, -0.05) is 97.7 Å². The number of anilines is 1. The predicted octanol–water partition coefficient (Wildman–Crippen LogP) is 6.87. The molecular weight excluding hydrogens is 618 g/mol. The summed E-state index contributed by atoms with van der Waals surface area (Å²) >= 11 is 6.17. The van der Waals surface area contributed by atoms with Crippen LogP contribution in [0.5, 0.6) is 0 Å². The average molecular weight is 660 g/mol. The van der Waals surface area contributed by atoms with Gasteiger partial charge in [0.05, 0.1) is 10.6 Å². The third kappa shape index (κ3) is 8.98. The number of rotatable bonds is 13. The molecule has 0 spiro atoms. The van der Waals surface area contributed by atoms with Crippen LogP contribution < -0.4 is 9.62 Å². The molecule has 0 bridgehead atoms. The second-order valence-corrected chi connectivity index (χ2v) is 14.4. The Morgan fingerprint density at radius 3 is 2.07 bits per heavy atom. The summed E-state index contributed by atoms with van der Waals surface area (Å²) < 4.78 is 29.8. The molecule has 0 heterocycles. The molecule has 9 heteroatoms. The van der Waals surface area contributed by atoms with Crippen LogP contribution in [0.15, 0.2) is 102 Å². The Balaban J connectivity index is 1.82. The lowest BCUT2D eigenvalue weighted by Gasteiger charge is -2.34. The number of nitrogens with zero attached hydrogens (tertiary/aromatic N) is 2. The standard InChI is InChI=1S/C37H42ClN3O4S/c1-26(2)23-39-37(43)35(22-30-9-7-6-8-10-30)40(24-31-15-17-32(38)18-16-31)36(42)25-41(34-21-28(4)11-14-29(34)5)46(44,45)33-19-12-27(3)13-20-33/h6-21,26,35H,22-25H2,1-5H3,(H,39,43). The normalized spacial score (nSPS) is 12.1. The Labute approximate surface area is 278 Å². The molecule has 0 saturated carbocycles. The fraction of sp³-hybridized carbons (Fsp3) is 0.297. The number of sulfonamides is 1. The fourth-order valence-electron chi connectivity index (χ4n) is 5.10. The van der Waals surface area contributed by atoms with Gasteiger partial charge in [0.25, 0.3) is 10.0 Å². The zero-order chi connectivity index (χ0) is 33.4. The first-order valence-electron chi connectivity index (χ1n) is 15.4. The van der Waals surface area contributed by atoms with Gasteiger partial charge >= 0.3 is 0 Å².